The van der Waals surface area contributed by atoms with Gasteiger partial charge in [-0.1, -0.05) is 12.1 Å². The molecule has 136 valence electrons. The van der Waals surface area contributed by atoms with Gasteiger partial charge in [0.2, 0.25) is 11.9 Å². The third-order valence-corrected chi connectivity index (χ3v) is 4.85. The highest BCUT2D eigenvalue weighted by Gasteiger charge is 2.32. The van der Waals surface area contributed by atoms with Crippen molar-refractivity contribution < 1.29 is 9.18 Å². The lowest BCUT2D eigenvalue weighted by Gasteiger charge is -2.32. The lowest BCUT2D eigenvalue weighted by molar-refractivity contribution is -0.123. The Balaban J connectivity index is 1.36. The Labute approximate surface area is 151 Å². The highest BCUT2D eigenvalue weighted by atomic mass is 19.1. The quantitative estimate of drug-likeness (QED) is 0.863. The molecule has 6 nitrogen and oxygen atoms in total. The summed E-state index contributed by atoms with van der Waals surface area (Å²) in [5, 5.41) is 6.14. The average Bonchev–Trinajstić information content (AvgIpc) is 3.50. The lowest BCUT2D eigenvalue weighted by Crippen LogP contribution is -2.45. The fraction of sp³-hybridized carbons (Fsp3) is 0.421. The summed E-state index contributed by atoms with van der Waals surface area (Å²) >= 11 is 0. The van der Waals surface area contributed by atoms with Crippen LogP contribution in [0.25, 0.3) is 0 Å². The number of nitrogens with one attached hydrogen (secondary N) is 2. The zero-order valence-corrected chi connectivity index (χ0v) is 14.5. The van der Waals surface area contributed by atoms with Crippen LogP contribution in [0.15, 0.2) is 36.5 Å². The maximum absolute atomic E-state index is 13.8. The van der Waals surface area contributed by atoms with Gasteiger partial charge < -0.3 is 15.5 Å². The summed E-state index contributed by atoms with van der Waals surface area (Å²) in [6, 6.07) is 8.46. The first-order valence-electron chi connectivity index (χ1n) is 9.09. The first-order chi connectivity index (χ1) is 12.7. The van der Waals surface area contributed by atoms with E-state index in [-0.39, 0.29) is 23.7 Å². The van der Waals surface area contributed by atoms with Crippen LogP contribution in [-0.4, -0.2) is 35.0 Å². The molecule has 2 N–H and O–H groups in total. The number of amides is 1. The van der Waals surface area contributed by atoms with Gasteiger partial charge >= 0.3 is 0 Å². The van der Waals surface area contributed by atoms with Gasteiger partial charge in [0.1, 0.15) is 11.6 Å². The van der Waals surface area contributed by atoms with Crippen LogP contribution < -0.4 is 15.5 Å². The van der Waals surface area contributed by atoms with Crippen LogP contribution >= 0.6 is 0 Å². The molecule has 1 saturated heterocycles. The molecule has 0 bridgehead atoms. The number of nitrogens with zero attached hydrogens (tertiary/aromatic N) is 3. The zero-order chi connectivity index (χ0) is 17.9. The summed E-state index contributed by atoms with van der Waals surface area (Å²) in [6.45, 7) is 1.58. The Hall–Kier alpha value is -2.70. The van der Waals surface area contributed by atoms with Gasteiger partial charge in [0, 0.05) is 31.2 Å². The molecule has 1 aromatic heterocycles. The summed E-state index contributed by atoms with van der Waals surface area (Å²) < 4.78 is 13.8. The predicted octanol–water partition coefficient (Wildman–Crippen LogP) is 2.85. The molecule has 26 heavy (non-hydrogen) atoms. The van der Waals surface area contributed by atoms with Crippen LogP contribution in [0.2, 0.25) is 0 Å². The van der Waals surface area contributed by atoms with Gasteiger partial charge in [0.25, 0.3) is 0 Å². The van der Waals surface area contributed by atoms with E-state index < -0.39 is 0 Å². The van der Waals surface area contributed by atoms with E-state index in [1.54, 1.807) is 30.5 Å². The smallest absolute Gasteiger partial charge is 0.227 e. The number of para-hydroxylation sites is 1. The van der Waals surface area contributed by atoms with Gasteiger partial charge in [-0.25, -0.2) is 9.37 Å². The van der Waals surface area contributed by atoms with Gasteiger partial charge in [-0.2, -0.15) is 4.98 Å². The van der Waals surface area contributed by atoms with Crippen LogP contribution in [0.5, 0.6) is 0 Å². The molecular weight excluding hydrogens is 333 g/mol. The number of benzene rings is 1. The van der Waals surface area contributed by atoms with E-state index in [1.807, 2.05) is 0 Å². The van der Waals surface area contributed by atoms with E-state index in [0.29, 0.717) is 17.5 Å². The molecule has 2 aliphatic rings. The number of carbonyl (C=O) groups is 1. The number of piperidine rings is 1. The topological polar surface area (TPSA) is 70.2 Å². The van der Waals surface area contributed by atoms with Crippen molar-refractivity contribution >= 4 is 23.4 Å². The molecule has 1 amide bonds. The maximum atomic E-state index is 13.8. The van der Waals surface area contributed by atoms with Crippen LogP contribution in [0, 0.1) is 11.7 Å². The Morgan fingerprint density at radius 1 is 1.12 bits per heavy atom. The van der Waals surface area contributed by atoms with Crippen LogP contribution in [0.4, 0.5) is 21.8 Å². The van der Waals surface area contributed by atoms with Gasteiger partial charge in [-0.3, -0.25) is 4.79 Å². The standard InChI is InChI=1S/C19H22FN5O/c20-15-3-1-2-4-16(15)23-17-7-10-21-19(24-17)25-11-8-14(9-12-25)22-18(26)13-5-6-13/h1-4,7,10,13-14H,5-6,8-9,11-12H2,(H,22,26)(H,21,23,24). The summed E-state index contributed by atoms with van der Waals surface area (Å²) in [4.78, 5) is 22.8. The van der Waals surface area contributed by atoms with Gasteiger partial charge in [0.15, 0.2) is 0 Å². The van der Waals surface area contributed by atoms with E-state index in [4.69, 9.17) is 0 Å². The van der Waals surface area contributed by atoms with Crippen molar-refractivity contribution in [2.45, 2.75) is 31.7 Å². The number of carbonyl (C=O) groups excluding carboxylic acids is 1. The number of aromatic nitrogens is 2. The lowest BCUT2D eigenvalue weighted by atomic mass is 10.1. The summed E-state index contributed by atoms with van der Waals surface area (Å²) in [5.74, 6) is 1.32. The Morgan fingerprint density at radius 2 is 1.88 bits per heavy atom. The van der Waals surface area contributed by atoms with E-state index in [9.17, 15) is 9.18 Å². The second-order valence-electron chi connectivity index (χ2n) is 6.89. The summed E-state index contributed by atoms with van der Waals surface area (Å²) in [6.07, 6.45) is 5.49. The Kier molecular flexibility index (Phi) is 4.69. The van der Waals surface area contributed by atoms with E-state index in [0.717, 1.165) is 38.8 Å². The van der Waals surface area contributed by atoms with Crippen molar-refractivity contribution in [1.82, 2.24) is 15.3 Å². The molecule has 1 saturated carbocycles. The predicted molar refractivity (Wildman–Crippen MR) is 97.8 cm³/mol. The third kappa shape index (κ3) is 3.92. The van der Waals surface area contributed by atoms with Crippen molar-refractivity contribution in [3.8, 4) is 0 Å². The van der Waals surface area contributed by atoms with Crippen molar-refractivity contribution in [2.24, 2.45) is 5.92 Å². The molecule has 0 unspecified atom stereocenters. The largest absolute Gasteiger partial charge is 0.353 e. The zero-order valence-electron chi connectivity index (χ0n) is 14.5. The minimum atomic E-state index is -0.320. The van der Waals surface area contributed by atoms with E-state index >= 15 is 0 Å². The molecule has 0 spiro atoms. The number of anilines is 3. The molecule has 1 aromatic carbocycles. The number of hydrogen-bond acceptors (Lipinski definition) is 5. The monoisotopic (exact) mass is 355 g/mol. The highest BCUT2D eigenvalue weighted by molar-refractivity contribution is 5.81. The van der Waals surface area contributed by atoms with E-state index in [1.165, 1.54) is 6.07 Å². The van der Waals surface area contributed by atoms with Crippen molar-refractivity contribution in [3.63, 3.8) is 0 Å². The molecule has 2 heterocycles. The average molecular weight is 355 g/mol. The first kappa shape index (κ1) is 16.8. The molecule has 0 atom stereocenters. The van der Waals surface area contributed by atoms with E-state index in [2.05, 4.69) is 25.5 Å². The fourth-order valence-corrected chi connectivity index (χ4v) is 3.16. The minimum absolute atomic E-state index is 0.204. The first-order valence-corrected chi connectivity index (χ1v) is 9.09. The second kappa shape index (κ2) is 7.27. The molecule has 2 aromatic rings. The minimum Gasteiger partial charge on any atom is -0.353 e. The summed E-state index contributed by atoms with van der Waals surface area (Å²) in [5.41, 5.74) is 0.388. The molecule has 7 heteroatoms. The van der Waals surface area contributed by atoms with Gasteiger partial charge in [0.05, 0.1) is 5.69 Å². The number of halogens is 1. The Morgan fingerprint density at radius 3 is 2.62 bits per heavy atom. The number of hydrogen-bond donors (Lipinski definition) is 2. The van der Waals surface area contributed by atoms with Crippen LogP contribution in [-0.2, 0) is 4.79 Å². The molecule has 2 fully saturated rings. The normalized spacial score (nSPS) is 17.8. The van der Waals surface area contributed by atoms with Crippen LogP contribution in [0.1, 0.15) is 25.7 Å². The summed E-state index contributed by atoms with van der Waals surface area (Å²) in [7, 11) is 0. The highest BCUT2D eigenvalue weighted by Crippen LogP contribution is 2.29. The second-order valence-corrected chi connectivity index (χ2v) is 6.89. The SMILES string of the molecule is O=C(NC1CCN(c2nccc(Nc3ccccc3F)n2)CC1)C1CC1. The third-order valence-electron chi connectivity index (χ3n) is 4.85. The van der Waals surface area contributed by atoms with Gasteiger partial charge in [-0.15, -0.1) is 0 Å². The molecule has 4 rings (SSSR count). The molecule has 1 aliphatic carbocycles. The maximum Gasteiger partial charge on any atom is 0.227 e. The molecular formula is C19H22FN5O. The van der Waals surface area contributed by atoms with Crippen molar-refractivity contribution in [3.05, 3.63) is 42.3 Å². The van der Waals surface area contributed by atoms with Crippen molar-refractivity contribution in [1.29, 1.82) is 0 Å². The molecule has 1 aliphatic heterocycles. The van der Waals surface area contributed by atoms with Crippen molar-refractivity contribution in [2.75, 3.05) is 23.3 Å². The van der Waals surface area contributed by atoms with Crippen LogP contribution in [0.3, 0.4) is 0 Å². The number of rotatable bonds is 5. The fourth-order valence-electron chi connectivity index (χ4n) is 3.16. The Bertz CT molecular complexity index is 787. The van der Waals surface area contributed by atoms with Gasteiger partial charge in [-0.05, 0) is 43.9 Å². The molecule has 0 radical (unpaired) electrons.